The first-order valence-electron chi connectivity index (χ1n) is 13.4. The molecule has 0 amide bonds. The number of aromatic carboxylic acids is 1. The maximum atomic E-state index is 15.5. The van der Waals surface area contributed by atoms with E-state index in [2.05, 4.69) is 15.0 Å². The molecule has 11 heteroatoms. The molecule has 0 saturated heterocycles. The summed E-state index contributed by atoms with van der Waals surface area (Å²) < 4.78 is 37.3. The molecule has 0 radical (unpaired) electrons. The third kappa shape index (κ3) is 5.96. The number of imidazole rings is 1. The molecule has 3 heterocycles. The Hall–Kier alpha value is -6.02. The average molecular weight is 589 g/mol. The summed E-state index contributed by atoms with van der Waals surface area (Å²) in [7, 11) is 0. The Morgan fingerprint density at radius 2 is 1.73 bits per heavy atom. The maximum Gasteiger partial charge on any atom is 0.335 e. The van der Waals surface area contributed by atoms with Crippen LogP contribution in [0.5, 0.6) is 5.88 Å². The minimum absolute atomic E-state index is 0.0919. The van der Waals surface area contributed by atoms with E-state index in [0.717, 1.165) is 11.6 Å². The van der Waals surface area contributed by atoms with E-state index < -0.39 is 17.6 Å². The Labute approximate surface area is 249 Å². The Morgan fingerprint density at radius 3 is 2.48 bits per heavy atom. The first kappa shape index (κ1) is 28.1. The number of halogens is 2. The Morgan fingerprint density at radius 1 is 0.932 bits per heavy atom. The van der Waals surface area contributed by atoms with Crippen molar-refractivity contribution in [2.75, 3.05) is 0 Å². The number of benzene rings is 3. The van der Waals surface area contributed by atoms with Crippen molar-refractivity contribution in [2.24, 2.45) is 0 Å². The first-order valence-corrected chi connectivity index (χ1v) is 13.4. The van der Waals surface area contributed by atoms with E-state index in [1.54, 1.807) is 54.9 Å². The average Bonchev–Trinajstić information content (AvgIpc) is 3.37. The highest BCUT2D eigenvalue weighted by Gasteiger charge is 2.17. The van der Waals surface area contributed by atoms with Crippen molar-refractivity contribution in [2.45, 2.75) is 19.6 Å². The van der Waals surface area contributed by atoms with Gasteiger partial charge >= 0.3 is 5.97 Å². The van der Waals surface area contributed by atoms with Gasteiger partial charge in [-0.2, -0.15) is 5.26 Å². The van der Waals surface area contributed by atoms with Crippen molar-refractivity contribution in [3.05, 3.63) is 137 Å². The zero-order valence-electron chi connectivity index (χ0n) is 23.0. The third-order valence-corrected chi connectivity index (χ3v) is 7.01. The molecule has 3 aromatic carbocycles. The van der Waals surface area contributed by atoms with E-state index in [0.29, 0.717) is 40.2 Å². The summed E-state index contributed by atoms with van der Waals surface area (Å²) in [4.78, 5) is 28.9. The molecular weight excluding hydrogens is 566 g/mol. The second kappa shape index (κ2) is 12.1. The Bertz CT molecular complexity index is 2060. The van der Waals surface area contributed by atoms with Crippen LogP contribution >= 0.6 is 0 Å². The summed E-state index contributed by atoms with van der Waals surface area (Å²) >= 11 is 0. The second-order valence-electron chi connectivity index (χ2n) is 9.92. The van der Waals surface area contributed by atoms with Gasteiger partial charge in [-0.25, -0.2) is 33.5 Å². The van der Waals surface area contributed by atoms with Crippen LogP contribution in [0.4, 0.5) is 8.78 Å². The molecule has 6 aromatic rings. The fraction of sp³-hybridized carbons (Fsp3) is 0.0909. The van der Waals surface area contributed by atoms with Gasteiger partial charge in [0.2, 0.25) is 5.88 Å². The molecule has 0 unspecified atom stereocenters. The highest BCUT2D eigenvalue weighted by atomic mass is 19.1. The lowest BCUT2D eigenvalue weighted by Crippen LogP contribution is -2.08. The summed E-state index contributed by atoms with van der Waals surface area (Å²) in [6, 6.07) is 20.5. The largest absolute Gasteiger partial charge is 0.478 e. The van der Waals surface area contributed by atoms with Gasteiger partial charge in [0.25, 0.3) is 0 Å². The number of carbonyl (C=O) groups is 1. The second-order valence-corrected chi connectivity index (χ2v) is 9.92. The van der Waals surface area contributed by atoms with Crippen LogP contribution in [0, 0.1) is 23.0 Å². The van der Waals surface area contributed by atoms with Crippen LogP contribution in [0.1, 0.15) is 38.4 Å². The van der Waals surface area contributed by atoms with Gasteiger partial charge in [-0.1, -0.05) is 24.3 Å². The van der Waals surface area contributed by atoms with Gasteiger partial charge in [-0.15, -0.1) is 0 Å². The van der Waals surface area contributed by atoms with Crippen LogP contribution < -0.4 is 4.74 Å². The number of pyridine rings is 1. The SMILES string of the molecule is N#Cc1ccc(COc2cccc(-c3ccc(Cc4nc5ccc(C(=O)O)cc5n4Cc4cncnc4)c(F)c3)n2)c(F)c1. The normalized spacial score (nSPS) is 10.9. The molecular formula is C33H22F2N6O3. The number of nitriles is 1. The molecule has 44 heavy (non-hydrogen) atoms. The molecule has 0 bridgehead atoms. The molecule has 0 aliphatic heterocycles. The predicted octanol–water partition coefficient (Wildman–Crippen LogP) is 5.95. The first-order chi connectivity index (χ1) is 21.4. The lowest BCUT2D eigenvalue weighted by Gasteiger charge is -2.11. The molecule has 0 aliphatic rings. The molecule has 1 N–H and O–H groups in total. The van der Waals surface area contributed by atoms with Gasteiger partial charge in [0, 0.05) is 41.6 Å². The van der Waals surface area contributed by atoms with Gasteiger partial charge in [-0.05, 0) is 48.0 Å². The van der Waals surface area contributed by atoms with Crippen LogP contribution in [0.25, 0.3) is 22.3 Å². The predicted molar refractivity (Wildman–Crippen MR) is 156 cm³/mol. The van der Waals surface area contributed by atoms with Crippen molar-refractivity contribution >= 4 is 17.0 Å². The fourth-order valence-electron chi connectivity index (χ4n) is 4.77. The van der Waals surface area contributed by atoms with Crippen LogP contribution in [0.2, 0.25) is 0 Å². The van der Waals surface area contributed by atoms with E-state index in [-0.39, 0.29) is 35.6 Å². The topological polar surface area (TPSA) is 127 Å². The lowest BCUT2D eigenvalue weighted by atomic mass is 10.1. The molecule has 0 fully saturated rings. The quantitative estimate of drug-likeness (QED) is 0.219. The summed E-state index contributed by atoms with van der Waals surface area (Å²) in [6.45, 7) is 0.226. The number of carboxylic acids is 1. The van der Waals surface area contributed by atoms with Gasteiger partial charge < -0.3 is 14.4 Å². The van der Waals surface area contributed by atoms with E-state index >= 15 is 4.39 Å². The molecule has 3 aromatic heterocycles. The number of fused-ring (bicyclic) bond motifs is 1. The number of hydrogen-bond donors (Lipinski definition) is 1. The molecule has 0 spiro atoms. The van der Waals surface area contributed by atoms with Gasteiger partial charge in [0.15, 0.2) is 0 Å². The van der Waals surface area contributed by atoms with E-state index in [1.165, 1.54) is 30.6 Å². The highest BCUT2D eigenvalue weighted by molar-refractivity contribution is 5.92. The van der Waals surface area contributed by atoms with Crippen molar-refractivity contribution < 1.29 is 23.4 Å². The molecule has 0 atom stereocenters. The number of nitrogens with zero attached hydrogens (tertiary/aromatic N) is 6. The number of aromatic nitrogens is 5. The molecule has 6 rings (SSSR count). The van der Waals surface area contributed by atoms with Crippen LogP contribution in [-0.2, 0) is 19.6 Å². The maximum absolute atomic E-state index is 15.5. The molecule has 9 nitrogen and oxygen atoms in total. The van der Waals surface area contributed by atoms with Crippen LogP contribution in [-0.4, -0.2) is 35.6 Å². The molecule has 0 aliphatic carbocycles. The van der Waals surface area contributed by atoms with Crippen molar-refractivity contribution in [1.82, 2.24) is 24.5 Å². The summed E-state index contributed by atoms with van der Waals surface area (Å²) in [5, 5.41) is 18.4. The monoisotopic (exact) mass is 588 g/mol. The zero-order valence-corrected chi connectivity index (χ0v) is 23.0. The number of rotatable bonds is 9. The fourth-order valence-corrected chi connectivity index (χ4v) is 4.77. The smallest absolute Gasteiger partial charge is 0.335 e. The number of carboxylic acid groups (broad SMARTS) is 1. The minimum atomic E-state index is -1.06. The van der Waals surface area contributed by atoms with Crippen molar-refractivity contribution in [3.8, 4) is 23.2 Å². The van der Waals surface area contributed by atoms with Crippen molar-refractivity contribution in [1.29, 1.82) is 5.26 Å². The molecule has 216 valence electrons. The van der Waals surface area contributed by atoms with E-state index in [1.807, 2.05) is 10.6 Å². The summed E-state index contributed by atoms with van der Waals surface area (Å²) in [5.41, 5.74) is 3.93. The standard InChI is InChI=1S/C33H22F2N6O3/c34-26-10-20(14-36)4-5-25(26)18-44-32-3-1-2-28(40-32)23-7-6-22(27(35)11-23)13-31-39-29-9-8-24(33(42)43)12-30(29)41(31)17-21-15-37-19-38-16-21/h1-12,15-16,19H,13,17-18H2,(H,42,43). The summed E-state index contributed by atoms with van der Waals surface area (Å²) in [6.07, 6.45) is 4.88. The van der Waals surface area contributed by atoms with Gasteiger partial charge in [0.1, 0.15) is 30.4 Å². The van der Waals surface area contributed by atoms with Gasteiger partial charge in [-0.3, -0.25) is 0 Å². The zero-order chi connectivity index (χ0) is 30.6. The van der Waals surface area contributed by atoms with E-state index in [4.69, 9.17) is 15.0 Å². The van der Waals surface area contributed by atoms with E-state index in [9.17, 15) is 14.3 Å². The van der Waals surface area contributed by atoms with Gasteiger partial charge in [0.05, 0.1) is 40.5 Å². The Balaban J connectivity index is 1.25. The van der Waals surface area contributed by atoms with Crippen LogP contribution in [0.15, 0.2) is 91.5 Å². The third-order valence-electron chi connectivity index (χ3n) is 7.01. The summed E-state index contributed by atoms with van der Waals surface area (Å²) in [5.74, 6) is -1.30. The van der Waals surface area contributed by atoms with Crippen LogP contribution in [0.3, 0.4) is 0 Å². The highest BCUT2D eigenvalue weighted by Crippen LogP contribution is 2.26. The Kier molecular flexibility index (Phi) is 7.71. The minimum Gasteiger partial charge on any atom is -0.478 e. The molecule has 0 saturated carbocycles. The lowest BCUT2D eigenvalue weighted by molar-refractivity contribution is 0.0697. The number of hydrogen-bond acceptors (Lipinski definition) is 7. The number of ether oxygens (including phenoxy) is 1. The van der Waals surface area contributed by atoms with Crippen molar-refractivity contribution in [3.63, 3.8) is 0 Å².